The first-order valence-electron chi connectivity index (χ1n) is 3.60. The van der Waals surface area contributed by atoms with Crippen molar-refractivity contribution in [1.82, 2.24) is 4.37 Å². The van der Waals surface area contributed by atoms with E-state index in [1.54, 1.807) is 6.08 Å². The Labute approximate surface area is 71.2 Å². The Balaban J connectivity index is 2.23. The predicted octanol–water partition coefficient (Wildman–Crippen LogP) is 2.82. The Bertz CT molecular complexity index is 224. The molecular weight excluding hydrogens is 154 g/mol. The van der Waals surface area contributed by atoms with Crippen LogP contribution in [0.1, 0.15) is 12.1 Å². The molecule has 1 aromatic heterocycles. The first kappa shape index (κ1) is 8.21. The van der Waals surface area contributed by atoms with Gasteiger partial charge in [-0.05, 0) is 30.4 Å². The van der Waals surface area contributed by atoms with E-state index in [1.807, 2.05) is 11.5 Å². The second-order valence-electron chi connectivity index (χ2n) is 2.19. The first-order chi connectivity index (χ1) is 5.43. The molecule has 0 N–H and O–H groups in total. The van der Waals surface area contributed by atoms with Crippen LogP contribution in [0.3, 0.4) is 0 Å². The normalized spacial score (nSPS) is 10.5. The maximum Gasteiger partial charge on any atom is 0.0545 e. The molecule has 0 bridgehead atoms. The maximum atomic E-state index is 4.20. The summed E-state index contributed by atoms with van der Waals surface area (Å²) in [5.41, 5.74) is 1.18. The summed E-state index contributed by atoms with van der Waals surface area (Å²) in [5.74, 6) is 0. The van der Waals surface area contributed by atoms with Crippen LogP contribution >= 0.6 is 11.5 Å². The second kappa shape index (κ2) is 4.85. The van der Waals surface area contributed by atoms with Gasteiger partial charge >= 0.3 is 0 Å². The minimum absolute atomic E-state index is 1.04. The molecule has 0 spiro atoms. The highest BCUT2D eigenvalue weighted by Gasteiger charge is 1.90. The summed E-state index contributed by atoms with van der Waals surface area (Å²) in [6.45, 7) is 3.59. The molecule has 0 atom stereocenters. The monoisotopic (exact) mass is 165 g/mol. The lowest BCUT2D eigenvalue weighted by molar-refractivity contribution is 0.971. The van der Waals surface area contributed by atoms with Gasteiger partial charge in [-0.1, -0.05) is 24.8 Å². The van der Waals surface area contributed by atoms with Crippen molar-refractivity contribution < 1.29 is 0 Å². The van der Waals surface area contributed by atoms with Crippen LogP contribution in [0.15, 0.2) is 36.3 Å². The Hall–Kier alpha value is -0.890. The van der Waals surface area contributed by atoms with Gasteiger partial charge in [-0.25, -0.2) is 0 Å². The molecule has 1 rings (SSSR count). The molecule has 0 unspecified atom stereocenters. The van der Waals surface area contributed by atoms with E-state index in [0.29, 0.717) is 0 Å². The van der Waals surface area contributed by atoms with Gasteiger partial charge in [0.05, 0.1) is 5.69 Å². The van der Waals surface area contributed by atoms with E-state index in [-0.39, 0.29) is 0 Å². The molecule has 0 amide bonds. The topological polar surface area (TPSA) is 12.9 Å². The van der Waals surface area contributed by atoms with Crippen LogP contribution in [0.4, 0.5) is 0 Å². The second-order valence-corrected chi connectivity index (χ2v) is 2.86. The van der Waals surface area contributed by atoms with Gasteiger partial charge in [0.25, 0.3) is 0 Å². The summed E-state index contributed by atoms with van der Waals surface area (Å²) in [7, 11) is 0. The SMILES string of the molecule is C=C/C=C/CCc1ccsn1. The Morgan fingerprint density at radius 2 is 2.55 bits per heavy atom. The molecule has 0 saturated heterocycles. The van der Waals surface area contributed by atoms with Crippen molar-refractivity contribution >= 4 is 11.5 Å². The molecule has 11 heavy (non-hydrogen) atoms. The van der Waals surface area contributed by atoms with Gasteiger partial charge in [0.2, 0.25) is 0 Å². The number of nitrogens with zero attached hydrogens (tertiary/aromatic N) is 1. The van der Waals surface area contributed by atoms with E-state index in [4.69, 9.17) is 0 Å². The highest BCUT2D eigenvalue weighted by Crippen LogP contribution is 2.03. The van der Waals surface area contributed by atoms with Gasteiger partial charge in [0, 0.05) is 5.38 Å². The quantitative estimate of drug-likeness (QED) is 0.625. The molecule has 0 fully saturated rings. The molecular formula is C9H11NS. The number of aryl methyl sites for hydroxylation is 1. The molecule has 0 saturated carbocycles. The Morgan fingerprint density at radius 3 is 3.18 bits per heavy atom. The van der Waals surface area contributed by atoms with Crippen molar-refractivity contribution in [3.05, 3.63) is 41.9 Å². The van der Waals surface area contributed by atoms with Crippen molar-refractivity contribution in [1.29, 1.82) is 0 Å². The molecule has 0 radical (unpaired) electrons. The fourth-order valence-corrected chi connectivity index (χ4v) is 1.36. The lowest BCUT2D eigenvalue weighted by Crippen LogP contribution is -1.80. The van der Waals surface area contributed by atoms with Gasteiger partial charge in [-0.2, -0.15) is 4.37 Å². The summed E-state index contributed by atoms with van der Waals surface area (Å²) in [5, 5.41) is 2.01. The van der Waals surface area contributed by atoms with Gasteiger partial charge in [0.15, 0.2) is 0 Å². The van der Waals surface area contributed by atoms with Crippen molar-refractivity contribution in [2.75, 3.05) is 0 Å². The molecule has 0 aliphatic heterocycles. The summed E-state index contributed by atoms with van der Waals surface area (Å²) in [6, 6.07) is 2.06. The van der Waals surface area contributed by atoms with Crippen LogP contribution in [-0.2, 0) is 6.42 Å². The van der Waals surface area contributed by atoms with Crippen molar-refractivity contribution in [2.45, 2.75) is 12.8 Å². The predicted molar refractivity (Wildman–Crippen MR) is 49.8 cm³/mol. The average Bonchev–Trinajstić information content (AvgIpc) is 2.50. The molecule has 0 aromatic carbocycles. The van der Waals surface area contributed by atoms with Crippen LogP contribution in [0.2, 0.25) is 0 Å². The van der Waals surface area contributed by atoms with Crippen LogP contribution in [0, 0.1) is 0 Å². The average molecular weight is 165 g/mol. The standard InChI is InChI=1S/C9H11NS/c1-2-3-4-5-6-9-7-8-11-10-9/h2-4,7-8H,1,5-6H2/b4-3+. The third kappa shape index (κ3) is 3.14. The van der Waals surface area contributed by atoms with E-state index in [1.165, 1.54) is 17.2 Å². The first-order valence-corrected chi connectivity index (χ1v) is 4.44. The number of aromatic nitrogens is 1. The van der Waals surface area contributed by atoms with Crippen molar-refractivity contribution in [2.24, 2.45) is 0 Å². The molecule has 1 nitrogen and oxygen atoms in total. The van der Waals surface area contributed by atoms with E-state index in [0.717, 1.165) is 12.8 Å². The van der Waals surface area contributed by atoms with Gasteiger partial charge in [0.1, 0.15) is 0 Å². The van der Waals surface area contributed by atoms with Gasteiger partial charge < -0.3 is 0 Å². The lowest BCUT2D eigenvalue weighted by Gasteiger charge is -1.87. The fraction of sp³-hybridized carbons (Fsp3) is 0.222. The Kier molecular flexibility index (Phi) is 3.62. The van der Waals surface area contributed by atoms with Crippen LogP contribution in [-0.4, -0.2) is 4.37 Å². The number of rotatable bonds is 4. The number of hydrogen-bond acceptors (Lipinski definition) is 2. The van der Waals surface area contributed by atoms with Crippen molar-refractivity contribution in [3.63, 3.8) is 0 Å². The molecule has 1 heterocycles. The van der Waals surface area contributed by atoms with Gasteiger partial charge in [-0.15, -0.1) is 0 Å². The zero-order valence-corrected chi connectivity index (χ0v) is 7.18. The van der Waals surface area contributed by atoms with E-state index < -0.39 is 0 Å². The third-order valence-corrected chi connectivity index (χ3v) is 1.93. The summed E-state index contributed by atoms with van der Waals surface area (Å²) < 4.78 is 4.20. The largest absolute Gasteiger partial charge is 0.198 e. The minimum Gasteiger partial charge on any atom is -0.198 e. The van der Waals surface area contributed by atoms with Crippen molar-refractivity contribution in [3.8, 4) is 0 Å². The fourth-order valence-electron chi connectivity index (χ4n) is 0.790. The minimum atomic E-state index is 1.04. The lowest BCUT2D eigenvalue weighted by atomic mass is 10.2. The molecule has 2 heteroatoms. The number of allylic oxidation sites excluding steroid dienone is 3. The number of hydrogen-bond donors (Lipinski definition) is 0. The van der Waals surface area contributed by atoms with E-state index >= 15 is 0 Å². The van der Waals surface area contributed by atoms with E-state index in [9.17, 15) is 0 Å². The molecule has 0 aliphatic carbocycles. The van der Waals surface area contributed by atoms with E-state index in [2.05, 4.69) is 23.1 Å². The summed E-state index contributed by atoms with van der Waals surface area (Å²) >= 11 is 1.51. The smallest absolute Gasteiger partial charge is 0.0545 e. The molecule has 58 valence electrons. The van der Waals surface area contributed by atoms with Gasteiger partial charge in [-0.3, -0.25) is 0 Å². The molecule has 0 aliphatic rings. The summed E-state index contributed by atoms with van der Waals surface area (Å²) in [4.78, 5) is 0. The van der Waals surface area contributed by atoms with Crippen LogP contribution in [0.5, 0.6) is 0 Å². The van der Waals surface area contributed by atoms with Crippen LogP contribution < -0.4 is 0 Å². The highest BCUT2D eigenvalue weighted by atomic mass is 32.1. The molecule has 1 aromatic rings. The zero-order valence-electron chi connectivity index (χ0n) is 6.36. The van der Waals surface area contributed by atoms with Crippen LogP contribution in [0.25, 0.3) is 0 Å². The zero-order chi connectivity index (χ0) is 7.94. The summed E-state index contributed by atoms with van der Waals surface area (Å²) in [6.07, 6.45) is 7.95. The highest BCUT2D eigenvalue weighted by molar-refractivity contribution is 7.03. The third-order valence-electron chi connectivity index (χ3n) is 1.33. The maximum absolute atomic E-state index is 4.20. The Morgan fingerprint density at radius 1 is 1.64 bits per heavy atom.